The maximum Gasteiger partial charge on any atom is 0.212 e. The van der Waals surface area contributed by atoms with Crippen molar-refractivity contribution in [1.29, 1.82) is 0 Å². The zero-order valence-corrected chi connectivity index (χ0v) is 12.1. The molecule has 0 N–H and O–H groups in total. The lowest BCUT2D eigenvalue weighted by atomic mass is 10.2. The predicted molar refractivity (Wildman–Crippen MR) is 79.2 cm³/mol. The lowest BCUT2D eigenvalue weighted by Crippen LogP contribution is -1.97. The molecular formula is C14H14N4OS. The molecule has 5 nitrogen and oxygen atoms in total. The van der Waals surface area contributed by atoms with Crippen LogP contribution in [0.3, 0.4) is 0 Å². The highest BCUT2D eigenvalue weighted by atomic mass is 32.2. The van der Waals surface area contributed by atoms with Gasteiger partial charge in [-0.05, 0) is 11.8 Å². The van der Waals surface area contributed by atoms with E-state index in [0.29, 0.717) is 5.88 Å². The van der Waals surface area contributed by atoms with Crippen molar-refractivity contribution in [3.63, 3.8) is 0 Å². The Labute approximate surface area is 121 Å². The Morgan fingerprint density at radius 1 is 1.30 bits per heavy atom. The number of imidazole rings is 1. The van der Waals surface area contributed by atoms with Crippen LogP contribution in [0.5, 0.6) is 5.88 Å². The first-order valence-corrected chi connectivity index (χ1v) is 7.27. The monoisotopic (exact) mass is 286 g/mol. The van der Waals surface area contributed by atoms with E-state index in [0.717, 1.165) is 27.8 Å². The third-order valence-corrected chi connectivity index (χ3v) is 3.71. The summed E-state index contributed by atoms with van der Waals surface area (Å²) < 4.78 is 7.07. The standard InChI is InChI=1S/C14H14N4OS/c1-3-20-14-17-11(8-12-15-6-7-18(12)14)10-4-5-13(19-2)16-9-10/h4-9H,3H2,1-2H3. The SMILES string of the molecule is CCSc1nc(-c2ccc(OC)nc2)cc2nccn12. The number of hydrogen-bond donors (Lipinski definition) is 0. The van der Waals surface area contributed by atoms with E-state index in [4.69, 9.17) is 9.72 Å². The second-order valence-electron chi connectivity index (χ2n) is 4.10. The highest BCUT2D eigenvalue weighted by molar-refractivity contribution is 7.99. The first kappa shape index (κ1) is 12.9. The molecule has 3 aromatic rings. The van der Waals surface area contributed by atoms with Crippen LogP contribution >= 0.6 is 11.8 Å². The van der Waals surface area contributed by atoms with Crippen molar-refractivity contribution < 1.29 is 4.74 Å². The van der Waals surface area contributed by atoms with Gasteiger partial charge in [0.15, 0.2) is 5.16 Å². The fourth-order valence-electron chi connectivity index (χ4n) is 1.93. The van der Waals surface area contributed by atoms with Crippen molar-refractivity contribution in [1.82, 2.24) is 19.4 Å². The van der Waals surface area contributed by atoms with E-state index in [9.17, 15) is 0 Å². The second-order valence-corrected chi connectivity index (χ2v) is 5.33. The third-order valence-electron chi connectivity index (χ3n) is 2.87. The van der Waals surface area contributed by atoms with E-state index in [1.54, 1.807) is 31.3 Å². The van der Waals surface area contributed by atoms with Crippen molar-refractivity contribution in [2.24, 2.45) is 0 Å². The van der Waals surface area contributed by atoms with Crippen LogP contribution in [0.15, 0.2) is 41.9 Å². The molecule has 0 aromatic carbocycles. The van der Waals surface area contributed by atoms with Gasteiger partial charge in [0, 0.05) is 36.3 Å². The lowest BCUT2D eigenvalue weighted by Gasteiger charge is -2.07. The number of hydrogen-bond acceptors (Lipinski definition) is 5. The Balaban J connectivity index is 2.09. The number of pyridine rings is 1. The average molecular weight is 286 g/mol. The highest BCUT2D eigenvalue weighted by Gasteiger charge is 2.08. The molecule has 0 saturated heterocycles. The van der Waals surface area contributed by atoms with Crippen LogP contribution in [0.4, 0.5) is 0 Å². The Morgan fingerprint density at radius 3 is 2.90 bits per heavy atom. The molecule has 0 aliphatic rings. The third kappa shape index (κ3) is 2.34. The summed E-state index contributed by atoms with van der Waals surface area (Å²) in [7, 11) is 1.60. The van der Waals surface area contributed by atoms with E-state index in [1.807, 2.05) is 28.8 Å². The predicted octanol–water partition coefficient (Wildman–Crippen LogP) is 2.91. The van der Waals surface area contributed by atoms with Gasteiger partial charge >= 0.3 is 0 Å². The quantitative estimate of drug-likeness (QED) is 0.545. The zero-order chi connectivity index (χ0) is 13.9. The van der Waals surface area contributed by atoms with Crippen molar-refractivity contribution in [2.75, 3.05) is 12.9 Å². The number of methoxy groups -OCH3 is 1. The summed E-state index contributed by atoms with van der Waals surface area (Å²) in [5.41, 5.74) is 2.71. The maximum absolute atomic E-state index is 5.07. The minimum Gasteiger partial charge on any atom is -0.481 e. The van der Waals surface area contributed by atoms with Crippen LogP contribution in [0.1, 0.15) is 6.92 Å². The maximum atomic E-state index is 5.07. The first-order chi connectivity index (χ1) is 9.81. The average Bonchev–Trinajstić information content (AvgIpc) is 2.96. The first-order valence-electron chi connectivity index (χ1n) is 6.29. The van der Waals surface area contributed by atoms with E-state index in [1.165, 1.54) is 0 Å². The lowest BCUT2D eigenvalue weighted by molar-refractivity contribution is 0.398. The summed E-state index contributed by atoms with van der Waals surface area (Å²) in [4.78, 5) is 13.3. The molecule has 0 aliphatic heterocycles. The highest BCUT2D eigenvalue weighted by Crippen LogP contribution is 2.24. The smallest absolute Gasteiger partial charge is 0.212 e. The molecule has 0 atom stereocenters. The summed E-state index contributed by atoms with van der Waals surface area (Å²) in [6, 6.07) is 5.75. The van der Waals surface area contributed by atoms with Gasteiger partial charge in [0.05, 0.1) is 12.8 Å². The fraction of sp³-hybridized carbons (Fsp3) is 0.214. The van der Waals surface area contributed by atoms with Crippen molar-refractivity contribution >= 4 is 17.4 Å². The van der Waals surface area contributed by atoms with Gasteiger partial charge in [-0.15, -0.1) is 0 Å². The Kier molecular flexibility index (Phi) is 3.56. The molecule has 3 aromatic heterocycles. The van der Waals surface area contributed by atoms with Gasteiger partial charge in [-0.1, -0.05) is 18.7 Å². The van der Waals surface area contributed by atoms with Gasteiger partial charge in [-0.3, -0.25) is 4.40 Å². The number of rotatable bonds is 4. The zero-order valence-electron chi connectivity index (χ0n) is 11.3. The molecule has 0 spiro atoms. The largest absolute Gasteiger partial charge is 0.481 e. The topological polar surface area (TPSA) is 52.3 Å². The second kappa shape index (κ2) is 5.50. The van der Waals surface area contributed by atoms with Crippen LogP contribution in [0, 0.1) is 0 Å². The van der Waals surface area contributed by atoms with Gasteiger partial charge in [0.2, 0.25) is 5.88 Å². The fourth-order valence-corrected chi connectivity index (χ4v) is 2.64. The molecule has 0 saturated carbocycles. The Bertz CT molecular complexity index is 724. The summed E-state index contributed by atoms with van der Waals surface area (Å²) in [5.74, 6) is 1.56. The molecule has 0 bridgehead atoms. The van der Waals surface area contributed by atoms with Crippen molar-refractivity contribution in [3.8, 4) is 17.1 Å². The summed E-state index contributed by atoms with van der Waals surface area (Å²) in [6.45, 7) is 2.11. The van der Waals surface area contributed by atoms with E-state index >= 15 is 0 Å². The number of thioether (sulfide) groups is 1. The molecule has 0 fully saturated rings. The summed E-state index contributed by atoms with van der Waals surface area (Å²) >= 11 is 1.69. The number of fused-ring (bicyclic) bond motifs is 1. The number of ether oxygens (including phenoxy) is 1. The van der Waals surface area contributed by atoms with Crippen LogP contribution in [-0.2, 0) is 0 Å². The summed E-state index contributed by atoms with van der Waals surface area (Å²) in [6.07, 6.45) is 5.48. The van der Waals surface area contributed by atoms with Gasteiger partial charge in [-0.25, -0.2) is 15.0 Å². The number of nitrogens with zero attached hydrogens (tertiary/aromatic N) is 4. The van der Waals surface area contributed by atoms with Crippen molar-refractivity contribution in [3.05, 3.63) is 36.8 Å². The molecule has 3 rings (SSSR count). The van der Waals surface area contributed by atoms with Gasteiger partial charge < -0.3 is 4.74 Å². The molecule has 0 amide bonds. The van der Waals surface area contributed by atoms with Crippen LogP contribution in [-0.4, -0.2) is 32.2 Å². The Hall–Kier alpha value is -2.08. The van der Waals surface area contributed by atoms with Crippen LogP contribution < -0.4 is 4.74 Å². The normalized spacial score (nSPS) is 10.9. The van der Waals surface area contributed by atoms with Crippen LogP contribution in [0.2, 0.25) is 0 Å². The van der Waals surface area contributed by atoms with E-state index in [2.05, 4.69) is 16.9 Å². The molecule has 6 heteroatoms. The molecular weight excluding hydrogens is 272 g/mol. The van der Waals surface area contributed by atoms with E-state index < -0.39 is 0 Å². The molecule has 0 unspecified atom stereocenters. The van der Waals surface area contributed by atoms with Crippen LogP contribution in [0.25, 0.3) is 16.9 Å². The summed E-state index contributed by atoms with van der Waals surface area (Å²) in [5, 5.41) is 0.938. The van der Waals surface area contributed by atoms with Crippen molar-refractivity contribution in [2.45, 2.75) is 12.1 Å². The number of aromatic nitrogens is 4. The van der Waals surface area contributed by atoms with Gasteiger partial charge in [0.1, 0.15) is 5.65 Å². The molecule has 0 radical (unpaired) electrons. The molecule has 102 valence electrons. The molecule has 20 heavy (non-hydrogen) atoms. The van der Waals surface area contributed by atoms with E-state index in [-0.39, 0.29) is 0 Å². The molecule has 3 heterocycles. The van der Waals surface area contributed by atoms with Gasteiger partial charge in [-0.2, -0.15) is 0 Å². The minimum atomic E-state index is 0.596. The Morgan fingerprint density at radius 2 is 2.20 bits per heavy atom. The molecule has 0 aliphatic carbocycles. The minimum absolute atomic E-state index is 0.596. The van der Waals surface area contributed by atoms with Gasteiger partial charge in [0.25, 0.3) is 0 Å².